The monoisotopic (exact) mass is 243 g/mol. The van der Waals surface area contributed by atoms with E-state index in [1.54, 1.807) is 18.2 Å². The lowest BCUT2D eigenvalue weighted by Gasteiger charge is -2.19. The van der Waals surface area contributed by atoms with Crippen molar-refractivity contribution in [2.45, 2.75) is 6.92 Å². The van der Waals surface area contributed by atoms with Gasteiger partial charge in [-0.25, -0.2) is 0 Å². The zero-order valence-corrected chi connectivity index (χ0v) is 9.44. The molecule has 2 amide bonds. The van der Waals surface area contributed by atoms with Gasteiger partial charge >= 0.3 is 0 Å². The summed E-state index contributed by atoms with van der Waals surface area (Å²) in [5, 5.41) is 22.8. The Kier molecular flexibility index (Phi) is 1.90. The second kappa shape index (κ2) is 3.22. The molecule has 0 fully saturated rings. The SMILES string of the molecule is Cc1c(O)c2c3c(cccc3c1O)C(=O)NC2=O. The number of phenols is 2. The minimum absolute atomic E-state index is 0.0375. The van der Waals surface area contributed by atoms with Crippen LogP contribution in [0.5, 0.6) is 11.5 Å². The summed E-state index contributed by atoms with van der Waals surface area (Å²) in [6.45, 7) is 1.51. The van der Waals surface area contributed by atoms with Gasteiger partial charge in [0.15, 0.2) is 0 Å². The van der Waals surface area contributed by atoms with Gasteiger partial charge < -0.3 is 10.2 Å². The van der Waals surface area contributed by atoms with Gasteiger partial charge in [0.05, 0.1) is 5.56 Å². The van der Waals surface area contributed by atoms with Gasteiger partial charge in [-0.2, -0.15) is 0 Å². The van der Waals surface area contributed by atoms with E-state index in [1.807, 2.05) is 0 Å². The molecule has 0 spiro atoms. The van der Waals surface area contributed by atoms with Crippen molar-refractivity contribution in [2.75, 3.05) is 0 Å². The molecule has 18 heavy (non-hydrogen) atoms. The van der Waals surface area contributed by atoms with E-state index in [0.717, 1.165) is 0 Å². The average molecular weight is 243 g/mol. The molecule has 2 aromatic rings. The highest BCUT2D eigenvalue weighted by atomic mass is 16.3. The zero-order valence-electron chi connectivity index (χ0n) is 9.44. The number of carbonyl (C=O) groups excluding carboxylic acids is 2. The van der Waals surface area contributed by atoms with E-state index in [0.29, 0.717) is 10.8 Å². The van der Waals surface area contributed by atoms with Gasteiger partial charge in [0.1, 0.15) is 11.5 Å². The summed E-state index contributed by atoms with van der Waals surface area (Å²) in [7, 11) is 0. The molecule has 0 bridgehead atoms. The molecule has 0 atom stereocenters. The molecule has 0 saturated carbocycles. The quantitative estimate of drug-likeness (QED) is 0.611. The highest BCUT2D eigenvalue weighted by Crippen LogP contribution is 2.41. The smallest absolute Gasteiger partial charge is 0.262 e. The Hall–Kier alpha value is -2.56. The number of benzene rings is 2. The van der Waals surface area contributed by atoms with Crippen molar-refractivity contribution >= 4 is 22.6 Å². The Morgan fingerprint density at radius 1 is 1.06 bits per heavy atom. The molecule has 2 aromatic carbocycles. The van der Waals surface area contributed by atoms with Crippen LogP contribution in [0.1, 0.15) is 26.3 Å². The molecule has 0 aliphatic carbocycles. The number of amides is 2. The number of rotatable bonds is 0. The number of aromatic hydroxyl groups is 2. The van der Waals surface area contributed by atoms with E-state index in [-0.39, 0.29) is 28.2 Å². The standard InChI is InChI=1S/C13H9NO4/c1-5-10(15)6-3-2-4-7-8(6)9(11(5)16)13(18)14-12(7)17/h2-4,15-16H,1H3,(H,14,17,18). The van der Waals surface area contributed by atoms with E-state index < -0.39 is 11.8 Å². The Balaban J connectivity index is 2.65. The number of nitrogens with one attached hydrogen (secondary N) is 1. The fourth-order valence-electron chi connectivity index (χ4n) is 2.28. The summed E-state index contributed by atoms with van der Waals surface area (Å²) < 4.78 is 0. The maximum Gasteiger partial charge on any atom is 0.262 e. The fourth-order valence-corrected chi connectivity index (χ4v) is 2.28. The third-order valence-electron chi connectivity index (χ3n) is 3.22. The lowest BCUT2D eigenvalue weighted by Crippen LogP contribution is -2.34. The van der Waals surface area contributed by atoms with E-state index in [4.69, 9.17) is 0 Å². The summed E-state index contributed by atoms with van der Waals surface area (Å²) >= 11 is 0. The van der Waals surface area contributed by atoms with Crippen LogP contribution < -0.4 is 5.32 Å². The molecule has 1 aliphatic heterocycles. The van der Waals surface area contributed by atoms with Gasteiger partial charge in [-0.05, 0) is 13.0 Å². The summed E-state index contributed by atoms with van der Waals surface area (Å²) in [5.74, 6) is -1.59. The van der Waals surface area contributed by atoms with E-state index in [9.17, 15) is 19.8 Å². The summed E-state index contributed by atoms with van der Waals surface area (Å²) in [5.41, 5.74) is 0.530. The zero-order chi connectivity index (χ0) is 13.0. The first-order valence-electron chi connectivity index (χ1n) is 5.35. The number of hydrogen-bond donors (Lipinski definition) is 3. The largest absolute Gasteiger partial charge is 0.507 e. The fraction of sp³-hybridized carbons (Fsp3) is 0.0769. The molecule has 0 radical (unpaired) electrons. The number of carbonyl (C=O) groups is 2. The van der Waals surface area contributed by atoms with Crippen molar-refractivity contribution in [3.63, 3.8) is 0 Å². The molecule has 5 heteroatoms. The molecule has 1 heterocycles. The predicted octanol–water partition coefficient (Wildman–Crippen LogP) is 1.44. The predicted molar refractivity (Wildman–Crippen MR) is 63.8 cm³/mol. The van der Waals surface area contributed by atoms with Crippen molar-refractivity contribution in [1.82, 2.24) is 5.32 Å². The van der Waals surface area contributed by atoms with Crippen LogP contribution in [-0.2, 0) is 0 Å². The van der Waals surface area contributed by atoms with Crippen LogP contribution in [0.2, 0.25) is 0 Å². The van der Waals surface area contributed by atoms with Crippen molar-refractivity contribution in [1.29, 1.82) is 0 Å². The van der Waals surface area contributed by atoms with E-state index in [2.05, 4.69) is 5.32 Å². The first kappa shape index (κ1) is 10.6. The minimum Gasteiger partial charge on any atom is -0.507 e. The maximum atomic E-state index is 11.8. The molecule has 1 aliphatic rings. The molecule has 0 aromatic heterocycles. The van der Waals surface area contributed by atoms with Gasteiger partial charge in [0, 0.05) is 21.9 Å². The third kappa shape index (κ3) is 1.10. The lowest BCUT2D eigenvalue weighted by molar-refractivity contribution is 0.0843. The second-order valence-corrected chi connectivity index (χ2v) is 4.21. The number of phenolic OH excluding ortho intramolecular Hbond substituents is 2. The minimum atomic E-state index is -0.649. The summed E-state index contributed by atoms with van der Waals surface area (Å²) in [6, 6.07) is 4.77. The van der Waals surface area contributed by atoms with Crippen LogP contribution in [0.15, 0.2) is 18.2 Å². The van der Waals surface area contributed by atoms with Gasteiger partial charge in [0.2, 0.25) is 0 Å². The van der Waals surface area contributed by atoms with E-state index >= 15 is 0 Å². The molecule has 90 valence electrons. The van der Waals surface area contributed by atoms with Crippen LogP contribution in [0.25, 0.3) is 10.8 Å². The number of imide groups is 1. The first-order valence-corrected chi connectivity index (χ1v) is 5.35. The highest BCUT2D eigenvalue weighted by molar-refractivity contribution is 6.27. The summed E-state index contributed by atoms with van der Waals surface area (Å²) in [6.07, 6.45) is 0. The Morgan fingerprint density at radius 3 is 2.50 bits per heavy atom. The van der Waals surface area contributed by atoms with Crippen molar-refractivity contribution in [2.24, 2.45) is 0 Å². The first-order chi connectivity index (χ1) is 8.52. The molecule has 0 saturated heterocycles. The van der Waals surface area contributed by atoms with Gasteiger partial charge in [-0.3, -0.25) is 14.9 Å². The average Bonchev–Trinajstić information content (AvgIpc) is 2.35. The second-order valence-electron chi connectivity index (χ2n) is 4.21. The third-order valence-corrected chi connectivity index (χ3v) is 3.22. The molecule has 0 unspecified atom stereocenters. The Bertz CT molecular complexity index is 734. The van der Waals surface area contributed by atoms with Gasteiger partial charge in [0.25, 0.3) is 11.8 Å². The van der Waals surface area contributed by atoms with Crippen LogP contribution in [0.4, 0.5) is 0 Å². The van der Waals surface area contributed by atoms with Crippen LogP contribution in [0, 0.1) is 6.92 Å². The van der Waals surface area contributed by atoms with Crippen LogP contribution in [0.3, 0.4) is 0 Å². The van der Waals surface area contributed by atoms with Crippen LogP contribution >= 0.6 is 0 Å². The van der Waals surface area contributed by atoms with Crippen molar-refractivity contribution < 1.29 is 19.8 Å². The Morgan fingerprint density at radius 2 is 1.78 bits per heavy atom. The highest BCUT2D eigenvalue weighted by Gasteiger charge is 2.30. The van der Waals surface area contributed by atoms with Crippen molar-refractivity contribution in [3.8, 4) is 11.5 Å². The molecule has 5 nitrogen and oxygen atoms in total. The molecular weight excluding hydrogens is 234 g/mol. The van der Waals surface area contributed by atoms with Crippen LogP contribution in [-0.4, -0.2) is 22.0 Å². The molecular formula is C13H9NO4. The Labute approximate surface area is 102 Å². The molecule has 3 rings (SSSR count). The normalized spacial score (nSPS) is 13.8. The van der Waals surface area contributed by atoms with Gasteiger partial charge in [-0.15, -0.1) is 0 Å². The summed E-state index contributed by atoms with van der Waals surface area (Å²) in [4.78, 5) is 23.5. The van der Waals surface area contributed by atoms with Gasteiger partial charge in [-0.1, -0.05) is 12.1 Å². The van der Waals surface area contributed by atoms with Crippen molar-refractivity contribution in [3.05, 3.63) is 34.9 Å². The van der Waals surface area contributed by atoms with E-state index in [1.165, 1.54) is 6.92 Å². The number of hydrogen-bond acceptors (Lipinski definition) is 4. The maximum absolute atomic E-state index is 11.8. The topological polar surface area (TPSA) is 86.6 Å². The lowest BCUT2D eigenvalue weighted by atomic mass is 9.91. The molecule has 3 N–H and O–H groups in total.